The van der Waals surface area contributed by atoms with Gasteiger partial charge in [0.25, 0.3) is 5.69 Å². The fraction of sp³-hybridized carbons (Fsp3) is 0.182. The van der Waals surface area contributed by atoms with Crippen molar-refractivity contribution in [3.63, 3.8) is 0 Å². The van der Waals surface area contributed by atoms with Crippen LogP contribution in [0.15, 0.2) is 30.5 Å². The highest BCUT2D eigenvalue weighted by Crippen LogP contribution is 2.26. The number of benzene rings is 1. The monoisotopic (exact) mass is 266 g/mol. The molecule has 0 bridgehead atoms. The number of nitrogens with one attached hydrogen (secondary N) is 1. The molecule has 0 aliphatic heterocycles. The van der Waals surface area contributed by atoms with E-state index in [9.17, 15) is 10.1 Å². The Kier molecular flexibility index (Phi) is 3.59. The number of nitro benzene ring substituents is 1. The van der Waals surface area contributed by atoms with Crippen LogP contribution in [0.2, 0.25) is 5.02 Å². The van der Waals surface area contributed by atoms with Gasteiger partial charge in [0, 0.05) is 18.8 Å². The Morgan fingerprint density at radius 3 is 2.89 bits per heavy atom. The van der Waals surface area contributed by atoms with E-state index in [2.05, 4.69) is 10.4 Å². The number of rotatable bonds is 4. The molecular weight excluding hydrogens is 256 g/mol. The molecule has 6 nitrogen and oxygen atoms in total. The zero-order chi connectivity index (χ0) is 13.1. The quantitative estimate of drug-likeness (QED) is 0.680. The molecule has 94 valence electrons. The third-order valence-electron chi connectivity index (χ3n) is 2.39. The second-order valence-corrected chi connectivity index (χ2v) is 4.08. The molecule has 1 aromatic carbocycles. The Morgan fingerprint density at radius 2 is 2.28 bits per heavy atom. The molecule has 0 unspecified atom stereocenters. The summed E-state index contributed by atoms with van der Waals surface area (Å²) in [6.07, 6.45) is 1.78. The summed E-state index contributed by atoms with van der Waals surface area (Å²) in [4.78, 5) is 10.1. The number of hydrogen-bond acceptors (Lipinski definition) is 4. The van der Waals surface area contributed by atoms with Crippen LogP contribution in [0.4, 0.5) is 5.69 Å². The van der Waals surface area contributed by atoms with Crippen LogP contribution in [-0.4, -0.2) is 21.8 Å². The van der Waals surface area contributed by atoms with E-state index in [1.165, 1.54) is 12.1 Å². The van der Waals surface area contributed by atoms with Gasteiger partial charge in [0.2, 0.25) is 0 Å². The van der Waals surface area contributed by atoms with Crippen molar-refractivity contribution in [2.24, 2.45) is 0 Å². The van der Waals surface area contributed by atoms with E-state index in [0.29, 0.717) is 12.2 Å². The van der Waals surface area contributed by atoms with Crippen molar-refractivity contribution >= 4 is 17.3 Å². The summed E-state index contributed by atoms with van der Waals surface area (Å²) in [6, 6.07) is 6.37. The van der Waals surface area contributed by atoms with Crippen molar-refractivity contribution < 1.29 is 4.92 Å². The minimum Gasteiger partial charge on any atom is -0.314 e. The Hall–Kier alpha value is -1.92. The lowest BCUT2D eigenvalue weighted by Gasteiger charge is -2.02. The summed E-state index contributed by atoms with van der Waals surface area (Å²) >= 11 is 5.85. The molecular formula is C11H11ClN4O2. The van der Waals surface area contributed by atoms with Crippen LogP contribution < -0.4 is 5.32 Å². The topological polar surface area (TPSA) is 73.0 Å². The molecule has 0 aliphatic rings. The maximum absolute atomic E-state index is 10.6. The third kappa shape index (κ3) is 2.49. The van der Waals surface area contributed by atoms with Gasteiger partial charge in [-0.05, 0) is 25.2 Å². The molecule has 2 aromatic rings. The van der Waals surface area contributed by atoms with Crippen molar-refractivity contribution in [1.82, 2.24) is 15.1 Å². The highest BCUT2D eigenvalue weighted by molar-refractivity contribution is 6.32. The standard InChI is InChI=1S/C11H11ClN4O2/c1-13-7-8-4-5-15(14-8)9-2-3-11(16(17)18)10(12)6-9/h2-6,13H,7H2,1H3. The van der Waals surface area contributed by atoms with Gasteiger partial charge in [-0.15, -0.1) is 0 Å². The van der Waals surface area contributed by atoms with Crippen LogP contribution in [0.5, 0.6) is 0 Å². The first-order chi connectivity index (χ1) is 8.61. The predicted octanol–water partition coefficient (Wildman–Crippen LogP) is 2.15. The first kappa shape index (κ1) is 12.5. The molecule has 0 saturated carbocycles. The minimum atomic E-state index is -0.512. The van der Waals surface area contributed by atoms with E-state index >= 15 is 0 Å². The van der Waals surface area contributed by atoms with Crippen molar-refractivity contribution in [3.8, 4) is 5.69 Å². The van der Waals surface area contributed by atoms with Crippen molar-refractivity contribution in [2.75, 3.05) is 7.05 Å². The number of nitro groups is 1. The fourth-order valence-electron chi connectivity index (χ4n) is 1.57. The van der Waals surface area contributed by atoms with Gasteiger partial charge < -0.3 is 5.32 Å². The van der Waals surface area contributed by atoms with Crippen LogP contribution >= 0.6 is 11.6 Å². The van der Waals surface area contributed by atoms with Crippen molar-refractivity contribution in [3.05, 3.63) is 51.3 Å². The molecule has 2 rings (SSSR count). The lowest BCUT2D eigenvalue weighted by Crippen LogP contribution is -2.06. The van der Waals surface area contributed by atoms with E-state index < -0.39 is 4.92 Å². The van der Waals surface area contributed by atoms with Crippen LogP contribution in [0, 0.1) is 10.1 Å². The Bertz CT molecular complexity index is 582. The molecule has 7 heteroatoms. The first-order valence-electron chi connectivity index (χ1n) is 5.25. The normalized spacial score (nSPS) is 10.6. The van der Waals surface area contributed by atoms with Crippen molar-refractivity contribution in [2.45, 2.75) is 6.54 Å². The largest absolute Gasteiger partial charge is 0.314 e. The number of halogens is 1. The maximum Gasteiger partial charge on any atom is 0.288 e. The summed E-state index contributed by atoms with van der Waals surface area (Å²) in [5, 5.41) is 18.1. The molecule has 0 atom stereocenters. The lowest BCUT2D eigenvalue weighted by molar-refractivity contribution is -0.384. The van der Waals surface area contributed by atoms with Gasteiger partial charge in [0.15, 0.2) is 0 Å². The van der Waals surface area contributed by atoms with Gasteiger partial charge in [0.1, 0.15) is 5.02 Å². The van der Waals surface area contributed by atoms with Crippen LogP contribution in [0.25, 0.3) is 5.69 Å². The van der Waals surface area contributed by atoms with Crippen LogP contribution in [0.3, 0.4) is 0 Å². The van der Waals surface area contributed by atoms with Crippen LogP contribution in [0.1, 0.15) is 5.69 Å². The smallest absolute Gasteiger partial charge is 0.288 e. The molecule has 18 heavy (non-hydrogen) atoms. The molecule has 0 aliphatic carbocycles. The van der Waals surface area contributed by atoms with Gasteiger partial charge >= 0.3 is 0 Å². The zero-order valence-electron chi connectivity index (χ0n) is 9.63. The number of aromatic nitrogens is 2. The second-order valence-electron chi connectivity index (χ2n) is 3.67. The number of nitrogens with zero attached hydrogens (tertiary/aromatic N) is 3. The van der Waals surface area contributed by atoms with Crippen LogP contribution in [-0.2, 0) is 6.54 Å². The summed E-state index contributed by atoms with van der Waals surface area (Å²) < 4.78 is 1.63. The summed E-state index contributed by atoms with van der Waals surface area (Å²) in [6.45, 7) is 0.660. The van der Waals surface area contributed by atoms with Gasteiger partial charge in [-0.3, -0.25) is 10.1 Å². The van der Waals surface area contributed by atoms with Gasteiger partial charge in [-0.1, -0.05) is 11.6 Å². The Balaban J connectivity index is 2.33. The second kappa shape index (κ2) is 5.16. The summed E-state index contributed by atoms with van der Waals surface area (Å²) in [7, 11) is 1.84. The SMILES string of the molecule is CNCc1ccn(-c2ccc([N+](=O)[O-])c(Cl)c2)n1. The Morgan fingerprint density at radius 1 is 1.50 bits per heavy atom. The third-order valence-corrected chi connectivity index (χ3v) is 2.70. The molecule has 1 N–H and O–H groups in total. The van der Waals surface area contributed by atoms with Gasteiger partial charge in [0.05, 0.1) is 16.3 Å². The van der Waals surface area contributed by atoms with E-state index in [1.54, 1.807) is 16.9 Å². The Labute approximate surface area is 108 Å². The summed E-state index contributed by atoms with van der Waals surface area (Å²) in [5.74, 6) is 0. The molecule has 1 aromatic heterocycles. The van der Waals surface area contributed by atoms with Crippen molar-refractivity contribution in [1.29, 1.82) is 0 Å². The first-order valence-corrected chi connectivity index (χ1v) is 5.63. The van der Waals surface area contributed by atoms with Gasteiger partial charge in [-0.2, -0.15) is 5.10 Å². The molecule has 0 radical (unpaired) electrons. The van der Waals surface area contributed by atoms with E-state index in [1.807, 2.05) is 13.1 Å². The van der Waals surface area contributed by atoms with Gasteiger partial charge in [-0.25, -0.2) is 4.68 Å². The molecule has 0 amide bonds. The van der Waals surface area contributed by atoms with E-state index in [-0.39, 0.29) is 10.7 Å². The molecule has 0 fully saturated rings. The highest BCUT2D eigenvalue weighted by atomic mass is 35.5. The average Bonchev–Trinajstić information content (AvgIpc) is 2.77. The minimum absolute atomic E-state index is 0.100. The highest BCUT2D eigenvalue weighted by Gasteiger charge is 2.13. The number of hydrogen-bond donors (Lipinski definition) is 1. The molecule has 0 saturated heterocycles. The fourth-order valence-corrected chi connectivity index (χ4v) is 1.81. The molecule has 1 heterocycles. The average molecular weight is 267 g/mol. The lowest BCUT2D eigenvalue weighted by atomic mass is 10.3. The zero-order valence-corrected chi connectivity index (χ0v) is 10.4. The molecule has 0 spiro atoms. The summed E-state index contributed by atoms with van der Waals surface area (Å²) in [5.41, 5.74) is 1.46. The predicted molar refractivity (Wildman–Crippen MR) is 68.0 cm³/mol. The van der Waals surface area contributed by atoms with E-state index in [0.717, 1.165) is 5.69 Å². The maximum atomic E-state index is 10.6. The van der Waals surface area contributed by atoms with E-state index in [4.69, 9.17) is 11.6 Å².